The quantitative estimate of drug-likeness (QED) is 0.736. The molecule has 0 aromatic carbocycles. The van der Waals surface area contributed by atoms with Crippen LogP contribution in [0.25, 0.3) is 0 Å². The number of amides is 2. The second kappa shape index (κ2) is 9.31. The molecule has 1 aliphatic heterocycles. The zero-order chi connectivity index (χ0) is 21.9. The predicted molar refractivity (Wildman–Crippen MR) is 120 cm³/mol. The van der Waals surface area contributed by atoms with Crippen LogP contribution in [0.2, 0.25) is 0 Å². The first-order valence-electron chi connectivity index (χ1n) is 10.5. The van der Waals surface area contributed by atoms with Crippen molar-refractivity contribution in [2.75, 3.05) is 20.6 Å². The Morgan fingerprint density at radius 2 is 2.03 bits per heavy atom. The van der Waals surface area contributed by atoms with Gasteiger partial charge in [-0.1, -0.05) is 20.8 Å². The number of hydrogen-bond acceptors (Lipinski definition) is 5. The molecule has 0 fully saturated rings. The van der Waals surface area contributed by atoms with Crippen LogP contribution in [0.4, 0.5) is 0 Å². The van der Waals surface area contributed by atoms with Crippen LogP contribution in [-0.2, 0) is 30.7 Å². The van der Waals surface area contributed by atoms with Crippen LogP contribution in [0, 0.1) is 5.41 Å². The van der Waals surface area contributed by atoms with Crippen molar-refractivity contribution in [3.8, 4) is 0 Å². The molecule has 3 rings (SSSR count). The van der Waals surface area contributed by atoms with Crippen molar-refractivity contribution >= 4 is 23.2 Å². The van der Waals surface area contributed by atoms with E-state index >= 15 is 0 Å². The minimum Gasteiger partial charge on any atom is -0.357 e. The highest BCUT2D eigenvalue weighted by atomic mass is 32.1. The van der Waals surface area contributed by atoms with Gasteiger partial charge in [0.05, 0.1) is 5.69 Å². The van der Waals surface area contributed by atoms with Crippen LogP contribution in [-0.4, -0.2) is 52.9 Å². The highest BCUT2D eigenvalue weighted by Crippen LogP contribution is 2.23. The first kappa shape index (κ1) is 22.5. The number of carbonyl (C=O) groups excluding carboxylic acids is 2. The summed E-state index contributed by atoms with van der Waals surface area (Å²) in [5.41, 5.74) is 2.27. The molecule has 1 aliphatic rings. The van der Waals surface area contributed by atoms with E-state index in [4.69, 9.17) is 4.98 Å². The molecule has 8 heteroatoms. The number of imidazole rings is 1. The summed E-state index contributed by atoms with van der Waals surface area (Å²) in [7, 11) is 3.66. The number of thiophene rings is 1. The summed E-state index contributed by atoms with van der Waals surface area (Å²) in [5.74, 6) is 0.471. The molecular weight excluding hydrogens is 398 g/mol. The predicted octanol–water partition coefficient (Wildman–Crippen LogP) is 2.46. The summed E-state index contributed by atoms with van der Waals surface area (Å²) in [6.45, 7) is 8.35. The Morgan fingerprint density at radius 3 is 2.67 bits per heavy atom. The standard InChI is InChI=1S/C22H33N5O2S/c1-22(2,3)19(21(29)23-4)25-20(28)18-16-13-26(5)10-6-11-27(16)17(24-18)8-7-15-9-12-30-14-15/h9,12,14,19H,6-8,10-11,13H2,1-5H3,(H,23,29)(H,25,28). The van der Waals surface area contributed by atoms with Crippen molar-refractivity contribution in [2.24, 2.45) is 5.41 Å². The van der Waals surface area contributed by atoms with Crippen molar-refractivity contribution < 1.29 is 9.59 Å². The maximum absolute atomic E-state index is 13.3. The van der Waals surface area contributed by atoms with Gasteiger partial charge in [0.25, 0.3) is 5.91 Å². The van der Waals surface area contributed by atoms with E-state index in [1.807, 2.05) is 20.8 Å². The summed E-state index contributed by atoms with van der Waals surface area (Å²) in [5, 5.41) is 9.85. The third-order valence-corrected chi connectivity index (χ3v) is 6.31. The van der Waals surface area contributed by atoms with E-state index < -0.39 is 11.5 Å². The van der Waals surface area contributed by atoms with Gasteiger partial charge in [-0.15, -0.1) is 0 Å². The molecule has 3 heterocycles. The van der Waals surface area contributed by atoms with Crippen molar-refractivity contribution in [3.63, 3.8) is 0 Å². The van der Waals surface area contributed by atoms with Crippen molar-refractivity contribution in [1.29, 1.82) is 0 Å². The van der Waals surface area contributed by atoms with Crippen LogP contribution in [0.1, 0.15) is 54.8 Å². The average molecular weight is 432 g/mol. The smallest absolute Gasteiger partial charge is 0.272 e. The lowest BCUT2D eigenvalue weighted by molar-refractivity contribution is -0.124. The van der Waals surface area contributed by atoms with Gasteiger partial charge in [0.2, 0.25) is 5.91 Å². The number of aromatic nitrogens is 2. The molecular formula is C22H33N5O2S. The Balaban J connectivity index is 1.90. The van der Waals surface area contributed by atoms with Gasteiger partial charge >= 0.3 is 0 Å². The minimum absolute atomic E-state index is 0.198. The van der Waals surface area contributed by atoms with E-state index in [1.54, 1.807) is 18.4 Å². The number of nitrogens with zero attached hydrogens (tertiary/aromatic N) is 3. The third-order valence-electron chi connectivity index (χ3n) is 5.58. The molecule has 0 saturated carbocycles. The molecule has 0 spiro atoms. The van der Waals surface area contributed by atoms with E-state index in [0.29, 0.717) is 12.2 Å². The number of rotatable bonds is 6. The van der Waals surface area contributed by atoms with Gasteiger partial charge in [-0.2, -0.15) is 11.3 Å². The number of likely N-dealkylation sites (N-methyl/N-ethyl adjacent to an activating group) is 1. The molecule has 1 atom stereocenters. The molecule has 2 aromatic rings. The van der Waals surface area contributed by atoms with Crippen LogP contribution < -0.4 is 10.6 Å². The Hall–Kier alpha value is -2.19. The van der Waals surface area contributed by atoms with E-state index in [-0.39, 0.29) is 11.8 Å². The number of fused-ring (bicyclic) bond motifs is 1. The molecule has 164 valence electrons. The highest BCUT2D eigenvalue weighted by molar-refractivity contribution is 7.07. The summed E-state index contributed by atoms with van der Waals surface area (Å²) < 4.78 is 2.22. The van der Waals surface area contributed by atoms with Crippen molar-refractivity contribution in [1.82, 2.24) is 25.1 Å². The van der Waals surface area contributed by atoms with Crippen LogP contribution in [0.5, 0.6) is 0 Å². The summed E-state index contributed by atoms with van der Waals surface area (Å²) in [6, 6.07) is 1.50. The maximum Gasteiger partial charge on any atom is 0.272 e. The van der Waals surface area contributed by atoms with Gasteiger partial charge in [-0.3, -0.25) is 9.59 Å². The van der Waals surface area contributed by atoms with Gasteiger partial charge in [0.1, 0.15) is 11.9 Å². The fraction of sp³-hybridized carbons (Fsp3) is 0.591. The van der Waals surface area contributed by atoms with E-state index in [2.05, 4.69) is 44.0 Å². The first-order valence-corrected chi connectivity index (χ1v) is 11.5. The topological polar surface area (TPSA) is 79.3 Å². The van der Waals surface area contributed by atoms with Crippen LogP contribution in [0.15, 0.2) is 16.8 Å². The van der Waals surface area contributed by atoms with Crippen LogP contribution >= 0.6 is 11.3 Å². The fourth-order valence-corrected chi connectivity index (χ4v) is 4.58. The van der Waals surface area contributed by atoms with Gasteiger partial charge in [0, 0.05) is 26.6 Å². The Morgan fingerprint density at radius 1 is 1.27 bits per heavy atom. The van der Waals surface area contributed by atoms with Gasteiger partial charge in [0.15, 0.2) is 5.69 Å². The number of aryl methyl sites for hydroxylation is 2. The normalized spacial score (nSPS) is 15.9. The van der Waals surface area contributed by atoms with Gasteiger partial charge in [-0.25, -0.2) is 4.98 Å². The molecule has 0 aliphatic carbocycles. The molecule has 2 amide bonds. The summed E-state index contributed by atoms with van der Waals surface area (Å²) in [6.07, 6.45) is 2.72. The third kappa shape index (κ3) is 5.10. The molecule has 0 bridgehead atoms. The molecule has 2 N–H and O–H groups in total. The molecule has 1 unspecified atom stereocenters. The van der Waals surface area contributed by atoms with Gasteiger partial charge in [-0.05, 0) is 54.2 Å². The zero-order valence-electron chi connectivity index (χ0n) is 18.6. The second-order valence-corrected chi connectivity index (χ2v) is 9.86. The maximum atomic E-state index is 13.3. The number of hydrogen-bond donors (Lipinski definition) is 2. The van der Waals surface area contributed by atoms with Crippen molar-refractivity contribution in [3.05, 3.63) is 39.6 Å². The number of carbonyl (C=O) groups is 2. The summed E-state index contributed by atoms with van der Waals surface area (Å²) in [4.78, 5) is 32.7. The second-order valence-electron chi connectivity index (χ2n) is 9.08. The minimum atomic E-state index is -0.634. The van der Waals surface area contributed by atoms with E-state index in [9.17, 15) is 9.59 Å². The first-order chi connectivity index (χ1) is 14.2. The van der Waals surface area contributed by atoms with E-state index in [1.165, 1.54) is 5.56 Å². The zero-order valence-corrected chi connectivity index (χ0v) is 19.4. The molecule has 0 radical (unpaired) electrons. The lowest BCUT2D eigenvalue weighted by atomic mass is 9.86. The summed E-state index contributed by atoms with van der Waals surface area (Å²) >= 11 is 1.70. The monoisotopic (exact) mass is 431 g/mol. The fourth-order valence-electron chi connectivity index (χ4n) is 3.88. The lowest BCUT2D eigenvalue weighted by Crippen LogP contribution is -2.53. The molecule has 30 heavy (non-hydrogen) atoms. The van der Waals surface area contributed by atoms with Crippen LogP contribution in [0.3, 0.4) is 0 Å². The Labute approximate surface area is 182 Å². The largest absolute Gasteiger partial charge is 0.357 e. The van der Waals surface area contributed by atoms with Crippen molar-refractivity contribution in [2.45, 2.75) is 59.2 Å². The SMILES string of the molecule is CNC(=O)C(NC(=O)c1nc(CCc2ccsc2)n2c1CN(C)CCC2)C(C)(C)C. The van der Waals surface area contributed by atoms with E-state index in [0.717, 1.165) is 43.9 Å². The van der Waals surface area contributed by atoms with Gasteiger partial charge < -0.3 is 20.1 Å². The number of nitrogens with one attached hydrogen (secondary N) is 2. The molecule has 0 saturated heterocycles. The molecule has 7 nitrogen and oxygen atoms in total. The Kier molecular flexibility index (Phi) is 6.98. The highest BCUT2D eigenvalue weighted by Gasteiger charge is 2.34. The Bertz CT molecular complexity index is 882. The molecule has 2 aromatic heterocycles. The lowest BCUT2D eigenvalue weighted by Gasteiger charge is -2.29. The average Bonchev–Trinajstić information content (AvgIpc) is 3.27.